The molecule has 0 saturated carbocycles. The first kappa shape index (κ1) is 17.9. The van der Waals surface area contributed by atoms with Gasteiger partial charge in [-0.05, 0) is 5.92 Å². The lowest BCUT2D eigenvalue weighted by Crippen LogP contribution is -2.38. The van der Waals surface area contributed by atoms with Crippen LogP contribution in [0.5, 0.6) is 0 Å². The van der Waals surface area contributed by atoms with Crippen molar-refractivity contribution < 1.29 is 21.6 Å². The molecule has 6 nitrogen and oxygen atoms in total. The predicted molar refractivity (Wildman–Crippen MR) is 78.3 cm³/mol. The fourth-order valence-corrected chi connectivity index (χ4v) is 3.74. The van der Waals surface area contributed by atoms with Gasteiger partial charge in [-0.25, -0.2) is 13.4 Å². The molecule has 23 heavy (non-hydrogen) atoms. The van der Waals surface area contributed by atoms with Crippen molar-refractivity contribution in [3.05, 3.63) is 29.0 Å². The van der Waals surface area contributed by atoms with Crippen LogP contribution in [0.1, 0.15) is 24.9 Å². The molecule has 128 valence electrons. The van der Waals surface area contributed by atoms with Crippen molar-refractivity contribution in [1.82, 2.24) is 19.5 Å². The van der Waals surface area contributed by atoms with Gasteiger partial charge in [-0.2, -0.15) is 23.0 Å². The molecule has 1 N–H and O–H groups in total. The highest BCUT2D eigenvalue weighted by Crippen LogP contribution is 2.34. The minimum absolute atomic E-state index is 0.219. The fourth-order valence-electron chi connectivity index (χ4n) is 1.81. The number of rotatable bonds is 6. The third kappa shape index (κ3) is 4.52. The Labute approximate surface area is 135 Å². The number of alkyl halides is 3. The van der Waals surface area contributed by atoms with E-state index in [0.717, 1.165) is 17.5 Å². The summed E-state index contributed by atoms with van der Waals surface area (Å²) in [4.78, 5) is 3.24. The molecule has 0 radical (unpaired) electrons. The Morgan fingerprint density at radius 1 is 1.39 bits per heavy atom. The van der Waals surface area contributed by atoms with Crippen LogP contribution >= 0.6 is 11.3 Å². The number of sulfonamides is 1. The van der Waals surface area contributed by atoms with E-state index in [4.69, 9.17) is 0 Å². The number of thiazole rings is 1. The van der Waals surface area contributed by atoms with Crippen molar-refractivity contribution in [3.8, 4) is 0 Å². The van der Waals surface area contributed by atoms with Gasteiger partial charge in [-0.3, -0.25) is 4.68 Å². The van der Waals surface area contributed by atoms with Gasteiger partial charge >= 0.3 is 6.18 Å². The smallest absolute Gasteiger partial charge is 0.271 e. The molecule has 0 amide bonds. The van der Waals surface area contributed by atoms with Gasteiger partial charge in [0.15, 0.2) is 6.04 Å². The van der Waals surface area contributed by atoms with Crippen LogP contribution in [0.25, 0.3) is 0 Å². The third-order valence-electron chi connectivity index (χ3n) is 2.77. The summed E-state index contributed by atoms with van der Waals surface area (Å²) in [5, 5.41) is 4.84. The van der Waals surface area contributed by atoms with E-state index in [1.165, 1.54) is 22.5 Å². The van der Waals surface area contributed by atoms with E-state index in [1.807, 2.05) is 13.8 Å². The molecule has 1 unspecified atom stereocenters. The quantitative estimate of drug-likeness (QED) is 0.850. The van der Waals surface area contributed by atoms with E-state index < -0.39 is 22.2 Å². The van der Waals surface area contributed by atoms with E-state index in [0.29, 0.717) is 6.54 Å². The highest BCUT2D eigenvalue weighted by Gasteiger charge is 2.45. The van der Waals surface area contributed by atoms with Gasteiger partial charge in [0, 0.05) is 24.3 Å². The van der Waals surface area contributed by atoms with Gasteiger partial charge in [0.25, 0.3) is 0 Å². The first-order valence-electron chi connectivity index (χ1n) is 6.60. The van der Waals surface area contributed by atoms with Crippen molar-refractivity contribution >= 4 is 21.4 Å². The number of hydrogen-bond donors (Lipinski definition) is 1. The van der Waals surface area contributed by atoms with E-state index in [2.05, 4.69) is 10.1 Å². The Kier molecular flexibility index (Phi) is 5.11. The molecule has 0 aromatic carbocycles. The standard InChI is InChI=1S/C12H15F3N4O2S2/c1-8(2)6-19-7-9(5-17-19)23(20,21)18-10(12(13,14)15)11-16-3-4-22-11/h3-5,7-8,10,18H,6H2,1-2H3. The molecule has 0 aliphatic rings. The second-order valence-electron chi connectivity index (χ2n) is 5.26. The second-order valence-corrected chi connectivity index (χ2v) is 7.90. The number of halogens is 3. The lowest BCUT2D eigenvalue weighted by molar-refractivity contribution is -0.153. The van der Waals surface area contributed by atoms with Crippen LogP contribution in [0.4, 0.5) is 13.2 Å². The van der Waals surface area contributed by atoms with Crippen LogP contribution in [0.15, 0.2) is 28.9 Å². The maximum absolute atomic E-state index is 13.1. The van der Waals surface area contributed by atoms with Crippen LogP contribution < -0.4 is 4.72 Å². The highest BCUT2D eigenvalue weighted by molar-refractivity contribution is 7.89. The summed E-state index contributed by atoms with van der Waals surface area (Å²) >= 11 is 0.729. The Bertz CT molecular complexity index is 739. The summed E-state index contributed by atoms with van der Waals surface area (Å²) in [6.07, 6.45) is -1.37. The van der Waals surface area contributed by atoms with Gasteiger partial charge in [0.05, 0.1) is 6.20 Å². The summed E-state index contributed by atoms with van der Waals surface area (Å²) in [5.41, 5.74) is 0. The predicted octanol–water partition coefficient (Wildman–Crippen LogP) is 2.58. The fraction of sp³-hybridized carbons (Fsp3) is 0.500. The molecule has 11 heteroatoms. The minimum atomic E-state index is -4.79. The molecular weight excluding hydrogens is 353 g/mol. The lowest BCUT2D eigenvalue weighted by atomic mass is 10.2. The number of aromatic nitrogens is 3. The first-order chi connectivity index (χ1) is 10.6. The van der Waals surface area contributed by atoms with Gasteiger partial charge in [-0.1, -0.05) is 13.8 Å². The summed E-state index contributed by atoms with van der Waals surface area (Å²) in [5.74, 6) is 0.219. The molecule has 0 bridgehead atoms. The van der Waals surface area contributed by atoms with Crippen LogP contribution in [0.2, 0.25) is 0 Å². The van der Waals surface area contributed by atoms with Gasteiger partial charge in [0.1, 0.15) is 9.90 Å². The van der Waals surface area contributed by atoms with Crippen LogP contribution in [0.3, 0.4) is 0 Å². The Morgan fingerprint density at radius 3 is 2.61 bits per heavy atom. The van der Waals surface area contributed by atoms with Crippen molar-refractivity contribution in [2.75, 3.05) is 0 Å². The van der Waals surface area contributed by atoms with Crippen molar-refractivity contribution in [3.63, 3.8) is 0 Å². The summed E-state index contributed by atoms with van der Waals surface area (Å²) in [6.45, 7) is 4.29. The van der Waals surface area contributed by atoms with E-state index in [9.17, 15) is 21.6 Å². The highest BCUT2D eigenvalue weighted by atomic mass is 32.2. The van der Waals surface area contributed by atoms with Crippen LogP contribution in [0, 0.1) is 5.92 Å². The topological polar surface area (TPSA) is 76.9 Å². The average Bonchev–Trinajstić information content (AvgIpc) is 3.04. The summed E-state index contributed by atoms with van der Waals surface area (Å²) in [6, 6.07) is -2.39. The van der Waals surface area contributed by atoms with Gasteiger partial charge < -0.3 is 0 Å². The molecule has 2 rings (SSSR count). The molecule has 0 saturated heterocycles. The Morgan fingerprint density at radius 2 is 2.09 bits per heavy atom. The van der Waals surface area contributed by atoms with Crippen molar-refractivity contribution in [2.45, 2.75) is 37.5 Å². The number of nitrogens with one attached hydrogen (secondary N) is 1. The molecular formula is C12H15F3N4O2S2. The molecule has 0 fully saturated rings. The molecule has 0 spiro atoms. The normalized spacial score (nSPS) is 14.3. The zero-order valence-electron chi connectivity index (χ0n) is 12.3. The largest absolute Gasteiger partial charge is 0.411 e. The SMILES string of the molecule is CC(C)Cn1cc(S(=O)(=O)NC(c2nccs2)C(F)(F)F)cn1. The van der Waals surface area contributed by atoms with E-state index in [1.54, 1.807) is 4.72 Å². The third-order valence-corrected chi connectivity index (χ3v) is 4.99. The molecule has 0 aliphatic carbocycles. The van der Waals surface area contributed by atoms with E-state index >= 15 is 0 Å². The molecule has 2 aromatic heterocycles. The van der Waals surface area contributed by atoms with Crippen LogP contribution in [-0.2, 0) is 16.6 Å². The molecule has 2 heterocycles. The molecule has 0 aliphatic heterocycles. The molecule has 1 atom stereocenters. The summed E-state index contributed by atoms with van der Waals surface area (Å²) < 4.78 is 66.8. The zero-order valence-corrected chi connectivity index (χ0v) is 13.9. The number of hydrogen-bond acceptors (Lipinski definition) is 5. The van der Waals surface area contributed by atoms with Crippen LogP contribution in [-0.4, -0.2) is 29.4 Å². The second kappa shape index (κ2) is 6.57. The number of nitrogens with zero attached hydrogens (tertiary/aromatic N) is 3. The van der Waals surface area contributed by atoms with Gasteiger partial charge in [-0.15, -0.1) is 11.3 Å². The Balaban J connectivity index is 2.26. The minimum Gasteiger partial charge on any atom is -0.271 e. The first-order valence-corrected chi connectivity index (χ1v) is 8.97. The van der Waals surface area contributed by atoms with Crippen molar-refractivity contribution in [2.24, 2.45) is 5.92 Å². The summed E-state index contributed by atoms with van der Waals surface area (Å²) in [7, 11) is -4.37. The molecule has 2 aromatic rings. The van der Waals surface area contributed by atoms with Crippen molar-refractivity contribution in [1.29, 1.82) is 0 Å². The maximum atomic E-state index is 13.1. The van der Waals surface area contributed by atoms with E-state index in [-0.39, 0.29) is 15.8 Å². The average molecular weight is 368 g/mol. The zero-order chi connectivity index (χ0) is 17.3. The lowest BCUT2D eigenvalue weighted by Gasteiger charge is -2.19. The van der Waals surface area contributed by atoms with Gasteiger partial charge in [0.2, 0.25) is 10.0 Å². The monoisotopic (exact) mass is 368 g/mol. The maximum Gasteiger partial charge on any atom is 0.411 e. The Hall–Kier alpha value is -1.46.